The first kappa shape index (κ1) is 18.2. The van der Waals surface area contributed by atoms with Gasteiger partial charge in [0.1, 0.15) is 5.54 Å². The number of halogens is 1. The van der Waals surface area contributed by atoms with Crippen LogP contribution in [0.1, 0.15) is 42.5 Å². The molecule has 1 aromatic rings. The minimum Gasteiger partial charge on any atom is -0.343 e. The summed E-state index contributed by atoms with van der Waals surface area (Å²) in [4.78, 5) is 48.7. The maximum absolute atomic E-state index is 12.6. The van der Waals surface area contributed by atoms with Crippen molar-refractivity contribution in [1.82, 2.24) is 21.1 Å². The second kappa shape index (κ2) is 7.33. The normalized spacial score (nSPS) is 18.6. The quantitative estimate of drug-likeness (QED) is 0.687. The third-order valence-corrected chi connectivity index (χ3v) is 4.96. The molecule has 1 saturated carbocycles. The largest absolute Gasteiger partial charge is 0.344 e. The Labute approximate surface area is 155 Å². The van der Waals surface area contributed by atoms with Crippen molar-refractivity contribution in [3.63, 3.8) is 0 Å². The second-order valence-corrected chi connectivity index (χ2v) is 6.82. The van der Waals surface area contributed by atoms with Crippen molar-refractivity contribution in [1.29, 1.82) is 0 Å². The van der Waals surface area contributed by atoms with Gasteiger partial charge in [0.05, 0.1) is 17.1 Å². The van der Waals surface area contributed by atoms with E-state index in [1.54, 1.807) is 18.2 Å². The van der Waals surface area contributed by atoms with Crippen LogP contribution in [0.5, 0.6) is 0 Å². The number of benzene rings is 1. The summed E-state index contributed by atoms with van der Waals surface area (Å²) in [5.41, 5.74) is 1.58. The zero-order chi connectivity index (χ0) is 18.7. The standard InChI is InChI=1S/C17H19ClN4O4/c18-12-7-3-2-6-11(12)14(24)19-10-13(23)21-22-15(25)17(20-16(22)26)8-4-1-5-9-17/h2-3,6-7H,1,4-5,8-10H2,(H,19,24)(H,20,26)(H,21,23). The predicted molar refractivity (Wildman–Crippen MR) is 93.1 cm³/mol. The van der Waals surface area contributed by atoms with Gasteiger partial charge in [-0.05, 0) is 25.0 Å². The van der Waals surface area contributed by atoms with Crippen LogP contribution in [0.3, 0.4) is 0 Å². The summed E-state index contributed by atoms with van der Waals surface area (Å²) >= 11 is 5.93. The highest BCUT2D eigenvalue weighted by Gasteiger charge is 2.52. The van der Waals surface area contributed by atoms with Crippen LogP contribution in [0.4, 0.5) is 4.79 Å². The lowest BCUT2D eigenvalue weighted by atomic mass is 9.82. The van der Waals surface area contributed by atoms with Gasteiger partial charge in [0.15, 0.2) is 0 Å². The van der Waals surface area contributed by atoms with Gasteiger partial charge in [0, 0.05) is 0 Å². The first-order valence-electron chi connectivity index (χ1n) is 8.42. The van der Waals surface area contributed by atoms with Crippen molar-refractivity contribution in [2.24, 2.45) is 0 Å². The Morgan fingerprint density at radius 2 is 1.85 bits per heavy atom. The fraction of sp³-hybridized carbons (Fsp3) is 0.412. The van der Waals surface area contributed by atoms with Crippen LogP contribution in [0, 0.1) is 0 Å². The number of rotatable bonds is 4. The second-order valence-electron chi connectivity index (χ2n) is 6.41. The average Bonchev–Trinajstić information content (AvgIpc) is 2.85. The molecule has 26 heavy (non-hydrogen) atoms. The number of hydrogen-bond donors (Lipinski definition) is 3. The number of amides is 5. The minimum atomic E-state index is -0.913. The lowest BCUT2D eigenvalue weighted by Gasteiger charge is -2.30. The highest BCUT2D eigenvalue weighted by molar-refractivity contribution is 6.33. The molecule has 1 aliphatic carbocycles. The lowest BCUT2D eigenvalue weighted by molar-refractivity contribution is -0.139. The van der Waals surface area contributed by atoms with Gasteiger partial charge in [-0.2, -0.15) is 5.01 Å². The van der Waals surface area contributed by atoms with Crippen molar-refractivity contribution in [3.8, 4) is 0 Å². The van der Waals surface area contributed by atoms with Crippen molar-refractivity contribution in [2.45, 2.75) is 37.6 Å². The number of imide groups is 1. The molecule has 3 N–H and O–H groups in total. The summed E-state index contributed by atoms with van der Waals surface area (Å²) in [6.45, 7) is -0.395. The molecule has 2 fully saturated rings. The fourth-order valence-corrected chi connectivity index (χ4v) is 3.50. The molecule has 1 aliphatic heterocycles. The molecule has 0 aromatic heterocycles. The van der Waals surface area contributed by atoms with Crippen LogP contribution in [0.25, 0.3) is 0 Å². The number of hydrogen-bond acceptors (Lipinski definition) is 4. The van der Waals surface area contributed by atoms with Crippen molar-refractivity contribution in [2.75, 3.05) is 6.54 Å². The Morgan fingerprint density at radius 1 is 1.15 bits per heavy atom. The Balaban J connectivity index is 1.56. The molecule has 1 saturated heterocycles. The van der Waals surface area contributed by atoms with E-state index >= 15 is 0 Å². The molecule has 138 valence electrons. The maximum atomic E-state index is 12.6. The van der Waals surface area contributed by atoms with Crippen molar-refractivity contribution < 1.29 is 19.2 Å². The van der Waals surface area contributed by atoms with Crippen LogP contribution in [-0.2, 0) is 9.59 Å². The van der Waals surface area contributed by atoms with E-state index in [1.807, 2.05) is 0 Å². The average molecular weight is 379 g/mol. The van der Waals surface area contributed by atoms with E-state index in [4.69, 9.17) is 11.6 Å². The molecule has 3 rings (SSSR count). The minimum absolute atomic E-state index is 0.234. The zero-order valence-corrected chi connectivity index (χ0v) is 14.8. The van der Waals surface area contributed by atoms with Gasteiger partial charge in [-0.3, -0.25) is 19.8 Å². The highest BCUT2D eigenvalue weighted by atomic mass is 35.5. The van der Waals surface area contributed by atoms with Gasteiger partial charge < -0.3 is 10.6 Å². The van der Waals surface area contributed by atoms with E-state index in [2.05, 4.69) is 16.1 Å². The molecule has 9 heteroatoms. The van der Waals surface area contributed by atoms with Gasteiger partial charge in [-0.15, -0.1) is 0 Å². The van der Waals surface area contributed by atoms with Gasteiger partial charge in [0.2, 0.25) is 0 Å². The van der Waals surface area contributed by atoms with E-state index in [9.17, 15) is 19.2 Å². The molecule has 0 atom stereocenters. The summed E-state index contributed by atoms with van der Waals surface area (Å²) in [5.74, 6) is -1.65. The molecule has 0 unspecified atom stereocenters. The van der Waals surface area contributed by atoms with E-state index in [0.717, 1.165) is 19.3 Å². The topological polar surface area (TPSA) is 108 Å². The zero-order valence-electron chi connectivity index (χ0n) is 14.0. The monoisotopic (exact) mass is 378 g/mol. The van der Waals surface area contributed by atoms with Gasteiger partial charge >= 0.3 is 6.03 Å². The number of urea groups is 1. The SMILES string of the molecule is O=C(CNC(=O)c1ccccc1Cl)NN1C(=O)NC2(CCCCC2)C1=O. The van der Waals surface area contributed by atoms with Crippen LogP contribution < -0.4 is 16.1 Å². The summed E-state index contributed by atoms with van der Waals surface area (Å²) < 4.78 is 0. The Hall–Kier alpha value is -2.61. The van der Waals surface area contributed by atoms with Crippen LogP contribution in [0.15, 0.2) is 24.3 Å². The van der Waals surface area contributed by atoms with Crippen molar-refractivity contribution >= 4 is 35.4 Å². The van der Waals surface area contributed by atoms with Gasteiger partial charge in [0.25, 0.3) is 17.7 Å². The van der Waals surface area contributed by atoms with Gasteiger partial charge in [-0.25, -0.2) is 4.79 Å². The molecular formula is C17H19ClN4O4. The molecular weight excluding hydrogens is 360 g/mol. The first-order chi connectivity index (χ1) is 12.4. The number of carbonyl (C=O) groups excluding carboxylic acids is 4. The van der Waals surface area contributed by atoms with Crippen molar-refractivity contribution in [3.05, 3.63) is 34.9 Å². The number of nitrogens with zero attached hydrogens (tertiary/aromatic N) is 1. The number of hydrazine groups is 1. The fourth-order valence-electron chi connectivity index (χ4n) is 3.28. The molecule has 1 heterocycles. The summed E-state index contributed by atoms with van der Waals surface area (Å²) in [6.07, 6.45) is 3.84. The molecule has 2 aliphatic rings. The molecule has 1 aromatic carbocycles. The molecule has 0 bridgehead atoms. The third kappa shape index (κ3) is 3.50. The smallest absolute Gasteiger partial charge is 0.343 e. The summed E-state index contributed by atoms with van der Waals surface area (Å²) in [7, 11) is 0. The number of carbonyl (C=O) groups is 4. The molecule has 1 spiro atoms. The molecule has 5 amide bonds. The first-order valence-corrected chi connectivity index (χ1v) is 8.80. The molecule has 8 nitrogen and oxygen atoms in total. The predicted octanol–water partition coefficient (Wildman–Crippen LogP) is 1.36. The summed E-state index contributed by atoms with van der Waals surface area (Å²) in [6, 6.07) is 5.78. The van der Waals surface area contributed by atoms with Crippen LogP contribution in [-0.4, -0.2) is 40.8 Å². The lowest BCUT2D eigenvalue weighted by Crippen LogP contribution is -2.52. The summed E-state index contributed by atoms with van der Waals surface area (Å²) in [5, 5.41) is 6.07. The van der Waals surface area contributed by atoms with Crippen LogP contribution >= 0.6 is 11.6 Å². The van der Waals surface area contributed by atoms with E-state index in [1.165, 1.54) is 6.07 Å². The van der Waals surface area contributed by atoms with E-state index in [-0.39, 0.29) is 10.6 Å². The van der Waals surface area contributed by atoms with E-state index in [0.29, 0.717) is 17.9 Å². The molecule has 0 radical (unpaired) electrons. The highest BCUT2D eigenvalue weighted by Crippen LogP contribution is 2.32. The third-order valence-electron chi connectivity index (χ3n) is 4.63. The maximum Gasteiger partial charge on any atom is 0.344 e. The Bertz CT molecular complexity index is 761. The Kier molecular flexibility index (Phi) is 5.13. The van der Waals surface area contributed by atoms with E-state index < -0.39 is 35.8 Å². The number of nitrogens with one attached hydrogen (secondary N) is 3. The Morgan fingerprint density at radius 3 is 2.54 bits per heavy atom. The van der Waals surface area contributed by atoms with Crippen LogP contribution in [0.2, 0.25) is 5.02 Å². The van der Waals surface area contributed by atoms with Gasteiger partial charge in [-0.1, -0.05) is 43.0 Å².